The predicted molar refractivity (Wildman–Crippen MR) is 358 cm³/mol. The maximum Gasteiger partial charge on any atom is 0.369 e. The molecule has 0 fully saturated rings. The number of rotatable bonds is 12. The number of H-pyrrole nitrogens is 2. The van der Waals surface area contributed by atoms with E-state index in [9.17, 15) is 34.2 Å². The summed E-state index contributed by atoms with van der Waals surface area (Å²) in [5.41, 5.74) is 15.5. The number of nitrogen functional groups attached to an aromatic ring is 1. The molecule has 0 aliphatic heterocycles. The van der Waals surface area contributed by atoms with E-state index in [0.29, 0.717) is 74.0 Å². The Morgan fingerprint density at radius 3 is 1.46 bits per heavy atom. The van der Waals surface area contributed by atoms with Crippen molar-refractivity contribution in [3.05, 3.63) is 220 Å². The van der Waals surface area contributed by atoms with Crippen molar-refractivity contribution in [3.8, 4) is 5.88 Å². The van der Waals surface area contributed by atoms with Crippen molar-refractivity contribution in [2.45, 2.75) is 40.0 Å². The summed E-state index contributed by atoms with van der Waals surface area (Å²) in [5.74, 6) is -1.96. The normalized spacial score (nSPS) is 11.0. The number of nitrogens with one attached hydrogen (secondary N) is 3. The number of ether oxygens (including phenoxy) is 1. The molecule has 0 spiro atoms. The van der Waals surface area contributed by atoms with Gasteiger partial charge in [0.2, 0.25) is 17.0 Å². The van der Waals surface area contributed by atoms with E-state index in [2.05, 4.69) is 103 Å². The van der Waals surface area contributed by atoms with Crippen molar-refractivity contribution in [1.29, 1.82) is 0 Å². The number of halogens is 6. The van der Waals surface area contributed by atoms with Crippen LogP contribution in [-0.4, -0.2) is 103 Å². The van der Waals surface area contributed by atoms with E-state index in [1.165, 1.54) is 19.2 Å². The van der Waals surface area contributed by atoms with Gasteiger partial charge in [-0.1, -0.05) is 53.0 Å². The summed E-state index contributed by atoms with van der Waals surface area (Å²) in [6.07, 6.45) is 4.79. The van der Waals surface area contributed by atoms with E-state index in [4.69, 9.17) is 45.3 Å². The summed E-state index contributed by atoms with van der Waals surface area (Å²) in [6.45, 7) is 5.14. The summed E-state index contributed by atoms with van der Waals surface area (Å²) >= 11 is 27.4. The first-order valence-electron chi connectivity index (χ1n) is 26.7. The molecule has 3 aromatic carbocycles. The standard InChI is InChI=1S/C25H22ClN7O2.C18H13ClN4O3.C17H11ClN4O3.BBr3/c1-13-7-21(27)30-14(2)18(13)11-29-25(35)24-23-20(5-6-22(34)31-23)33(32-24)12-15-3-4-19-16(8-15)9-17(26)10-28-19;1-26-15-5-4-14-16(21-15)17(18(24)25)22-23(14)9-10-2-3-13-11(6-10)7-12(19)8-20-13;18-11-6-10-5-9(1-2-12(10)19-7-11)8-22-13-3-4-14(23)20-15(13)16(21-22)17(24)25;2-1(3)4/h3-10H,11-12H2,1-2H3,(H2,27,30)(H,29,35)(H,31,34);2-8H,9H2,1H3,(H,24,25);1-7H,8H2,(H,20,23)(H,24,25);. The van der Waals surface area contributed by atoms with Crippen LogP contribution in [0.25, 0.3) is 65.8 Å². The zero-order valence-electron chi connectivity index (χ0n) is 47.2. The number of carboxylic acids is 2. The highest BCUT2D eigenvalue weighted by Gasteiger charge is 2.22. The molecule has 0 saturated heterocycles. The highest BCUT2D eigenvalue weighted by atomic mass is 79.9. The minimum Gasteiger partial charge on any atom is -0.481 e. The number of anilines is 1. The Hall–Kier alpha value is -9.12. The van der Waals surface area contributed by atoms with Gasteiger partial charge in [0.15, 0.2) is 17.1 Å². The first-order chi connectivity index (χ1) is 43.1. The maximum absolute atomic E-state index is 13.1. The number of nitrogens with two attached hydrogens (primary N) is 1. The predicted octanol–water partition coefficient (Wildman–Crippen LogP) is 11.7. The number of fused-ring (bicyclic) bond motifs is 6. The Labute approximate surface area is 548 Å². The average molecular weight is 1460 g/mol. The Morgan fingerprint density at radius 1 is 0.589 bits per heavy atom. The Morgan fingerprint density at radius 2 is 1.01 bits per heavy atom. The van der Waals surface area contributed by atoms with Crippen molar-refractivity contribution in [1.82, 2.24) is 69.5 Å². The van der Waals surface area contributed by atoms with Crippen LogP contribution in [0.1, 0.15) is 65.0 Å². The Kier molecular flexibility index (Phi) is 19.7. The number of aromatic nitrogens is 13. The van der Waals surface area contributed by atoms with Gasteiger partial charge in [-0.05, 0) is 121 Å². The number of pyridine rings is 7. The van der Waals surface area contributed by atoms with E-state index in [1.807, 2.05) is 86.6 Å². The molecule has 10 aromatic heterocycles. The first-order valence-corrected chi connectivity index (χ1v) is 30.6. The molecule has 90 heavy (non-hydrogen) atoms. The van der Waals surface area contributed by atoms with E-state index in [0.717, 1.165) is 66.2 Å². The third-order valence-corrected chi connectivity index (χ3v) is 14.4. The second-order valence-electron chi connectivity index (χ2n) is 19.9. The lowest BCUT2D eigenvalue weighted by atomic mass is 10.1. The molecule has 1 amide bonds. The van der Waals surface area contributed by atoms with Gasteiger partial charge in [-0.25, -0.2) is 19.6 Å². The lowest BCUT2D eigenvalue weighted by molar-refractivity contribution is 0.0680. The lowest BCUT2D eigenvalue weighted by Crippen LogP contribution is -2.25. The molecule has 23 nitrogen and oxygen atoms in total. The quantitative estimate of drug-likeness (QED) is 0.0619. The highest BCUT2D eigenvalue weighted by molar-refractivity contribution is 9.69. The van der Waals surface area contributed by atoms with Crippen LogP contribution in [-0.2, 0) is 26.2 Å². The number of carbonyl (C=O) groups is 3. The van der Waals surface area contributed by atoms with Gasteiger partial charge in [0.1, 0.15) is 22.4 Å². The van der Waals surface area contributed by atoms with Crippen LogP contribution in [0.5, 0.6) is 5.88 Å². The molecule has 454 valence electrons. The molecule has 0 unspecified atom stereocenters. The van der Waals surface area contributed by atoms with Crippen LogP contribution < -0.4 is 26.9 Å². The summed E-state index contributed by atoms with van der Waals surface area (Å²) in [5, 5.41) is 38.9. The number of hydrogen-bond acceptors (Lipinski definition) is 15. The van der Waals surface area contributed by atoms with Crippen molar-refractivity contribution in [3.63, 3.8) is 0 Å². The third kappa shape index (κ3) is 15.0. The molecule has 13 aromatic rings. The number of amides is 1. The van der Waals surface area contributed by atoms with Gasteiger partial charge in [0.05, 0.1) is 74.9 Å². The van der Waals surface area contributed by atoms with E-state index >= 15 is 0 Å². The van der Waals surface area contributed by atoms with Gasteiger partial charge >= 0.3 is 15.1 Å². The minimum atomic E-state index is -1.19. The van der Waals surface area contributed by atoms with Crippen LogP contribution in [0.3, 0.4) is 0 Å². The Balaban J connectivity index is 0.000000147. The van der Waals surface area contributed by atoms with Gasteiger partial charge in [0.25, 0.3) is 5.91 Å². The number of aromatic carboxylic acids is 2. The SMILES string of the molecule is BrB(Br)Br.COc1ccc2c(n1)c(C(=O)O)nn2Cc1ccc2ncc(Cl)cc2c1.Cc1cc(N)nc(C)c1CNC(=O)c1nn(Cc2ccc3ncc(Cl)cc3c2)c2ccc(=O)[nH]c12.O=C(O)c1nn(Cc2ccc3ncc(Cl)cc3c2)c2ccc(=O)[nH]c12. The zero-order valence-corrected chi connectivity index (χ0v) is 54.2. The van der Waals surface area contributed by atoms with Crippen LogP contribution in [0.15, 0.2) is 143 Å². The molecule has 13 rings (SSSR count). The van der Waals surface area contributed by atoms with Gasteiger partial charge in [-0.2, -0.15) is 15.3 Å². The average Bonchev–Trinajstić information content (AvgIpc) is 1.82. The van der Waals surface area contributed by atoms with Crippen molar-refractivity contribution < 1.29 is 29.3 Å². The van der Waals surface area contributed by atoms with Gasteiger partial charge in [0, 0.05) is 65.2 Å². The number of methoxy groups -OCH3 is 1. The van der Waals surface area contributed by atoms with Crippen LogP contribution in [0, 0.1) is 13.8 Å². The number of aryl methyl sites for hydroxylation is 2. The minimum absolute atomic E-state index is 0.107. The second kappa shape index (κ2) is 27.7. The van der Waals surface area contributed by atoms with Crippen molar-refractivity contribution in [2.75, 3.05) is 12.8 Å². The number of nitrogens with zero attached hydrogens (tertiary/aromatic N) is 11. The summed E-state index contributed by atoms with van der Waals surface area (Å²) in [6, 6.07) is 34.0. The smallest absolute Gasteiger partial charge is 0.369 e. The van der Waals surface area contributed by atoms with E-state index in [-0.39, 0.29) is 43.4 Å². The molecule has 0 saturated carbocycles. The molecular weight excluding hydrogens is 1420 g/mol. The summed E-state index contributed by atoms with van der Waals surface area (Å²) in [7, 11) is 1.48. The van der Waals surface area contributed by atoms with Crippen LogP contribution in [0.4, 0.5) is 5.82 Å². The fourth-order valence-corrected chi connectivity index (χ4v) is 10.3. The van der Waals surface area contributed by atoms with Crippen molar-refractivity contribution in [2.24, 2.45) is 0 Å². The van der Waals surface area contributed by atoms with Crippen LogP contribution in [0.2, 0.25) is 15.1 Å². The highest BCUT2D eigenvalue weighted by Crippen LogP contribution is 2.27. The molecule has 10 heterocycles. The molecule has 0 radical (unpaired) electrons. The second-order valence-corrected chi connectivity index (χ2v) is 27.7. The van der Waals surface area contributed by atoms with Crippen molar-refractivity contribution >= 4 is 175 Å². The summed E-state index contributed by atoms with van der Waals surface area (Å²) < 4.78 is 10.2. The first kappa shape index (κ1) is 63.9. The molecule has 7 N–H and O–H groups in total. The molecular formula is C60H46BBr3Cl3N15O8. The molecule has 0 bridgehead atoms. The Bertz CT molecular complexity index is 5060. The largest absolute Gasteiger partial charge is 0.481 e. The lowest BCUT2D eigenvalue weighted by Gasteiger charge is -2.11. The molecule has 0 aliphatic carbocycles. The van der Waals surface area contributed by atoms with E-state index in [1.54, 1.807) is 63.0 Å². The number of aromatic amines is 2. The monoisotopic (exact) mass is 1460 g/mol. The fraction of sp³-hybridized carbons (Fsp3) is 0.117. The number of benzene rings is 3. The zero-order chi connectivity index (χ0) is 64.1. The fourth-order valence-electron chi connectivity index (χ4n) is 9.82. The summed E-state index contributed by atoms with van der Waals surface area (Å²) in [4.78, 5) is 86.2. The maximum atomic E-state index is 13.1. The molecule has 0 atom stereocenters. The van der Waals surface area contributed by atoms with Crippen LogP contribution >= 0.6 is 82.1 Å². The number of hydrogen-bond donors (Lipinski definition) is 6. The van der Waals surface area contributed by atoms with Gasteiger partial charge in [-0.15, -0.1) is 47.3 Å². The topological polar surface area (TPSA) is 323 Å². The van der Waals surface area contributed by atoms with Gasteiger partial charge < -0.3 is 36.0 Å². The van der Waals surface area contributed by atoms with Gasteiger partial charge in [-0.3, -0.25) is 43.4 Å². The number of carbonyl (C=O) groups excluding carboxylic acids is 1. The molecule has 30 heteroatoms. The molecule has 0 aliphatic rings. The van der Waals surface area contributed by atoms with E-state index < -0.39 is 17.8 Å². The number of carboxylic acid groups (broad SMARTS) is 2. The third-order valence-electron chi connectivity index (χ3n) is 13.8.